The van der Waals surface area contributed by atoms with Gasteiger partial charge in [-0.1, -0.05) is 30.7 Å². The van der Waals surface area contributed by atoms with Gasteiger partial charge < -0.3 is 5.32 Å². The molecule has 21 heavy (non-hydrogen) atoms. The highest BCUT2D eigenvalue weighted by Gasteiger charge is 2.12. The Bertz CT molecular complexity index is 648. The third kappa shape index (κ3) is 4.22. The van der Waals surface area contributed by atoms with Crippen molar-refractivity contribution in [3.8, 4) is 0 Å². The molecule has 2 aromatic carbocycles. The summed E-state index contributed by atoms with van der Waals surface area (Å²) < 4.78 is 13.1. The van der Waals surface area contributed by atoms with Gasteiger partial charge in [-0.3, -0.25) is 4.79 Å². The highest BCUT2D eigenvalue weighted by molar-refractivity contribution is 7.99. The molecule has 2 rings (SSSR count). The van der Waals surface area contributed by atoms with Crippen LogP contribution in [-0.4, -0.2) is 11.7 Å². The van der Waals surface area contributed by atoms with Crippen LogP contribution in [0.1, 0.15) is 23.7 Å². The average molecular weight is 324 g/mol. The lowest BCUT2D eigenvalue weighted by atomic mass is 10.2. The number of amides is 1. The number of hydrogen-bond donors (Lipinski definition) is 1. The quantitative estimate of drug-likeness (QED) is 0.763. The molecule has 0 aliphatic carbocycles. The van der Waals surface area contributed by atoms with Crippen LogP contribution in [0.5, 0.6) is 0 Å². The van der Waals surface area contributed by atoms with Gasteiger partial charge in [0.05, 0.1) is 10.6 Å². The second-order valence-electron chi connectivity index (χ2n) is 4.43. The molecule has 110 valence electrons. The highest BCUT2D eigenvalue weighted by atomic mass is 35.5. The lowest BCUT2D eigenvalue weighted by Gasteiger charge is -2.10. The van der Waals surface area contributed by atoms with Crippen LogP contribution in [0.2, 0.25) is 5.02 Å². The summed E-state index contributed by atoms with van der Waals surface area (Å²) in [5, 5.41) is 2.73. The van der Waals surface area contributed by atoms with Crippen molar-refractivity contribution in [2.24, 2.45) is 0 Å². The summed E-state index contributed by atoms with van der Waals surface area (Å²) in [5.41, 5.74) is 1.08. The van der Waals surface area contributed by atoms with E-state index in [2.05, 4.69) is 12.2 Å². The van der Waals surface area contributed by atoms with Crippen molar-refractivity contribution in [1.82, 2.24) is 0 Å². The molecule has 0 radical (unpaired) electrons. The molecule has 0 saturated carbocycles. The molecular formula is C16H15ClFNOS. The van der Waals surface area contributed by atoms with Gasteiger partial charge in [0.1, 0.15) is 5.82 Å². The minimum atomic E-state index is -0.506. The van der Waals surface area contributed by atoms with E-state index in [0.717, 1.165) is 17.1 Å². The van der Waals surface area contributed by atoms with Crippen LogP contribution in [-0.2, 0) is 0 Å². The van der Waals surface area contributed by atoms with Crippen molar-refractivity contribution >= 4 is 35.0 Å². The average Bonchev–Trinajstić information content (AvgIpc) is 2.49. The molecule has 1 N–H and O–H groups in total. The van der Waals surface area contributed by atoms with Crippen LogP contribution in [0, 0.1) is 5.82 Å². The largest absolute Gasteiger partial charge is 0.322 e. The van der Waals surface area contributed by atoms with E-state index in [1.54, 1.807) is 17.8 Å². The van der Waals surface area contributed by atoms with Crippen molar-refractivity contribution < 1.29 is 9.18 Å². The summed E-state index contributed by atoms with van der Waals surface area (Å²) >= 11 is 7.36. The molecule has 5 heteroatoms. The Morgan fingerprint density at radius 3 is 2.76 bits per heavy atom. The summed E-state index contributed by atoms with van der Waals surface area (Å²) in [4.78, 5) is 13.3. The van der Waals surface area contributed by atoms with Crippen molar-refractivity contribution in [1.29, 1.82) is 0 Å². The number of benzene rings is 2. The first-order chi connectivity index (χ1) is 10.1. The summed E-state index contributed by atoms with van der Waals surface area (Å²) in [6, 6.07) is 11.5. The number of nitrogens with one attached hydrogen (secondary N) is 1. The molecule has 2 nitrogen and oxygen atoms in total. The van der Waals surface area contributed by atoms with Crippen LogP contribution in [0.25, 0.3) is 0 Å². The summed E-state index contributed by atoms with van der Waals surface area (Å²) in [6.07, 6.45) is 1.04. The van der Waals surface area contributed by atoms with Crippen LogP contribution in [0.3, 0.4) is 0 Å². The zero-order chi connectivity index (χ0) is 15.2. The topological polar surface area (TPSA) is 29.1 Å². The van der Waals surface area contributed by atoms with Gasteiger partial charge >= 0.3 is 0 Å². The summed E-state index contributed by atoms with van der Waals surface area (Å²) in [5.74, 6) is 0.220. The zero-order valence-corrected chi connectivity index (χ0v) is 13.1. The van der Waals surface area contributed by atoms with E-state index < -0.39 is 5.82 Å². The predicted molar refractivity (Wildman–Crippen MR) is 86.8 cm³/mol. The number of hydrogen-bond acceptors (Lipinski definition) is 2. The third-order valence-corrected chi connectivity index (χ3v) is 4.34. The van der Waals surface area contributed by atoms with Gasteiger partial charge in [0.2, 0.25) is 0 Å². The summed E-state index contributed by atoms with van der Waals surface area (Å²) in [6.45, 7) is 2.09. The van der Waals surface area contributed by atoms with E-state index in [4.69, 9.17) is 11.6 Å². The molecule has 0 unspecified atom stereocenters. The maximum absolute atomic E-state index is 13.1. The Morgan fingerprint density at radius 2 is 2.05 bits per heavy atom. The van der Waals surface area contributed by atoms with Gasteiger partial charge in [-0.25, -0.2) is 4.39 Å². The fourth-order valence-electron chi connectivity index (χ4n) is 1.76. The lowest BCUT2D eigenvalue weighted by Crippen LogP contribution is -2.13. The molecule has 0 spiro atoms. The van der Waals surface area contributed by atoms with Crippen LogP contribution in [0.15, 0.2) is 47.4 Å². The minimum Gasteiger partial charge on any atom is -0.322 e. The number of anilines is 1. The van der Waals surface area contributed by atoms with Gasteiger partial charge in [0, 0.05) is 10.6 Å². The Morgan fingerprint density at radius 1 is 1.29 bits per heavy atom. The lowest BCUT2D eigenvalue weighted by molar-refractivity contribution is 0.102. The number of carbonyl (C=O) groups is 1. The van der Waals surface area contributed by atoms with E-state index in [1.165, 1.54) is 18.2 Å². The van der Waals surface area contributed by atoms with E-state index in [0.29, 0.717) is 11.3 Å². The molecule has 0 heterocycles. The zero-order valence-electron chi connectivity index (χ0n) is 11.5. The monoisotopic (exact) mass is 323 g/mol. The third-order valence-electron chi connectivity index (χ3n) is 2.77. The Kier molecular flexibility index (Phi) is 5.65. The van der Waals surface area contributed by atoms with Gasteiger partial charge in [-0.2, -0.15) is 0 Å². The Labute approximate surface area is 132 Å². The second-order valence-corrected chi connectivity index (χ2v) is 5.97. The molecule has 2 aromatic rings. The van der Waals surface area contributed by atoms with E-state index in [-0.39, 0.29) is 10.9 Å². The molecule has 0 aromatic heterocycles. The Hall–Kier alpha value is -1.52. The predicted octanol–water partition coefficient (Wildman–Crippen LogP) is 5.23. The number of carbonyl (C=O) groups excluding carboxylic acids is 1. The van der Waals surface area contributed by atoms with Crippen LogP contribution < -0.4 is 5.32 Å². The Balaban J connectivity index is 2.18. The van der Waals surface area contributed by atoms with Crippen molar-refractivity contribution in [2.75, 3.05) is 11.1 Å². The first-order valence-electron chi connectivity index (χ1n) is 6.60. The molecule has 0 aliphatic rings. The van der Waals surface area contributed by atoms with E-state index >= 15 is 0 Å². The number of rotatable bonds is 5. The molecule has 0 aliphatic heterocycles. The first-order valence-corrected chi connectivity index (χ1v) is 7.96. The van der Waals surface area contributed by atoms with Gasteiger partial charge in [-0.15, -0.1) is 11.8 Å². The fourth-order valence-corrected chi connectivity index (χ4v) is 2.86. The van der Waals surface area contributed by atoms with Crippen LogP contribution >= 0.6 is 23.4 Å². The molecular weight excluding hydrogens is 309 g/mol. The summed E-state index contributed by atoms with van der Waals surface area (Å²) in [7, 11) is 0. The van der Waals surface area contributed by atoms with Crippen molar-refractivity contribution in [2.45, 2.75) is 18.2 Å². The molecule has 0 fully saturated rings. The molecule has 0 bridgehead atoms. The normalized spacial score (nSPS) is 10.4. The SMILES string of the molecule is CCCSc1ccccc1C(=O)Nc1ccc(F)c(Cl)c1. The molecule has 0 atom stereocenters. The molecule has 1 amide bonds. The van der Waals surface area contributed by atoms with Crippen LogP contribution in [0.4, 0.5) is 10.1 Å². The van der Waals surface area contributed by atoms with Gasteiger partial charge in [-0.05, 0) is 42.5 Å². The van der Waals surface area contributed by atoms with Gasteiger partial charge in [0.25, 0.3) is 5.91 Å². The maximum atomic E-state index is 13.1. The van der Waals surface area contributed by atoms with Gasteiger partial charge in [0.15, 0.2) is 0 Å². The fraction of sp³-hybridized carbons (Fsp3) is 0.188. The highest BCUT2D eigenvalue weighted by Crippen LogP contribution is 2.25. The minimum absolute atomic E-state index is 0.0126. The first kappa shape index (κ1) is 15.9. The number of thioether (sulfide) groups is 1. The van der Waals surface area contributed by atoms with E-state index in [1.807, 2.05) is 18.2 Å². The second kappa shape index (κ2) is 7.48. The number of halogens is 2. The van der Waals surface area contributed by atoms with Crippen molar-refractivity contribution in [3.05, 3.63) is 58.9 Å². The van der Waals surface area contributed by atoms with Crippen molar-refractivity contribution in [3.63, 3.8) is 0 Å². The standard InChI is InChI=1S/C16H15ClFNOS/c1-2-9-21-15-6-4-3-5-12(15)16(20)19-11-7-8-14(18)13(17)10-11/h3-8,10H,2,9H2,1H3,(H,19,20). The molecule has 0 saturated heterocycles. The maximum Gasteiger partial charge on any atom is 0.256 e. The van der Waals surface area contributed by atoms with E-state index in [9.17, 15) is 9.18 Å². The smallest absolute Gasteiger partial charge is 0.256 e.